The number of thiophene rings is 1. The predicted molar refractivity (Wildman–Crippen MR) is 81.8 cm³/mol. The molecule has 0 saturated carbocycles. The third-order valence-electron chi connectivity index (χ3n) is 3.36. The Hall–Kier alpha value is -1.22. The second-order valence-electron chi connectivity index (χ2n) is 4.79. The summed E-state index contributed by atoms with van der Waals surface area (Å²) in [5, 5.41) is 13.1. The molecule has 21 heavy (non-hydrogen) atoms. The molecule has 0 amide bonds. The molecule has 2 rings (SSSR count). The van der Waals surface area contributed by atoms with Crippen LogP contribution >= 0.6 is 11.3 Å². The molecule has 0 radical (unpaired) electrons. The van der Waals surface area contributed by atoms with E-state index in [4.69, 9.17) is 5.11 Å². The Morgan fingerprint density at radius 3 is 2.67 bits per heavy atom. The molecule has 8 heteroatoms. The first-order valence-electron chi connectivity index (χ1n) is 6.53. The fourth-order valence-corrected chi connectivity index (χ4v) is 4.44. The smallest absolute Gasteiger partial charge is 0.250 e. The number of aromatic nitrogens is 2. The molecule has 2 aromatic heterocycles. The molecule has 2 aromatic rings. The molecule has 0 aromatic carbocycles. The van der Waals surface area contributed by atoms with Gasteiger partial charge in [-0.1, -0.05) is 0 Å². The van der Waals surface area contributed by atoms with Crippen LogP contribution in [0.2, 0.25) is 0 Å². The zero-order chi connectivity index (χ0) is 15.6. The summed E-state index contributed by atoms with van der Waals surface area (Å²) in [7, 11) is -1.70. The summed E-state index contributed by atoms with van der Waals surface area (Å²) in [5.74, 6) is 0. The minimum atomic E-state index is -3.53. The van der Waals surface area contributed by atoms with E-state index in [0.717, 1.165) is 21.8 Å². The number of nitrogens with zero attached hydrogens (tertiary/aromatic N) is 2. The molecular weight excluding hydrogens is 310 g/mol. The van der Waals surface area contributed by atoms with Crippen LogP contribution < -0.4 is 4.72 Å². The third kappa shape index (κ3) is 3.52. The van der Waals surface area contributed by atoms with Crippen molar-refractivity contribution >= 4 is 21.4 Å². The van der Waals surface area contributed by atoms with Crippen molar-refractivity contribution in [3.63, 3.8) is 0 Å². The Kier molecular flexibility index (Phi) is 4.82. The Labute approximate surface area is 128 Å². The molecule has 0 bridgehead atoms. The monoisotopic (exact) mass is 329 g/mol. The fourth-order valence-electron chi connectivity index (χ4n) is 2.06. The average molecular weight is 329 g/mol. The number of hydrogen-bond donors (Lipinski definition) is 2. The van der Waals surface area contributed by atoms with Crippen molar-refractivity contribution in [2.75, 3.05) is 6.61 Å². The van der Waals surface area contributed by atoms with Crippen LogP contribution in [0.4, 0.5) is 0 Å². The third-order valence-corrected chi connectivity index (χ3v) is 6.40. The summed E-state index contributed by atoms with van der Waals surface area (Å²) in [4.78, 5) is 0.853. The first-order valence-corrected chi connectivity index (χ1v) is 8.83. The first-order chi connectivity index (χ1) is 9.85. The van der Waals surface area contributed by atoms with Crippen LogP contribution in [0.3, 0.4) is 0 Å². The summed E-state index contributed by atoms with van der Waals surface area (Å²) in [6, 6.07) is 3.30. The van der Waals surface area contributed by atoms with Crippen LogP contribution in [-0.4, -0.2) is 29.9 Å². The van der Waals surface area contributed by atoms with Crippen molar-refractivity contribution in [3.05, 3.63) is 34.0 Å². The molecule has 0 aliphatic heterocycles. The van der Waals surface area contributed by atoms with E-state index in [9.17, 15) is 8.42 Å². The van der Waals surface area contributed by atoms with E-state index >= 15 is 0 Å². The van der Waals surface area contributed by atoms with Gasteiger partial charge in [-0.15, -0.1) is 11.3 Å². The van der Waals surface area contributed by atoms with Crippen LogP contribution in [0.15, 0.2) is 16.3 Å². The Balaban J connectivity index is 2.13. The predicted octanol–water partition coefficient (Wildman–Crippen LogP) is 1.11. The summed E-state index contributed by atoms with van der Waals surface area (Å²) in [5.41, 5.74) is 2.67. The van der Waals surface area contributed by atoms with E-state index in [1.807, 2.05) is 20.9 Å². The van der Waals surface area contributed by atoms with Gasteiger partial charge in [0.2, 0.25) is 10.0 Å². The van der Waals surface area contributed by atoms with E-state index in [1.165, 1.54) is 11.3 Å². The quantitative estimate of drug-likeness (QED) is 0.831. The Bertz CT molecular complexity index is 732. The second-order valence-corrected chi connectivity index (χ2v) is 7.95. The molecule has 2 N–H and O–H groups in total. The van der Waals surface area contributed by atoms with Gasteiger partial charge in [-0.2, -0.15) is 5.10 Å². The lowest BCUT2D eigenvalue weighted by Gasteiger charge is -2.05. The SMILES string of the molecule is Cc1nn(C)c(C)c1CNS(=O)(=O)c1ccc(CCO)s1. The topological polar surface area (TPSA) is 84.2 Å². The van der Waals surface area contributed by atoms with Gasteiger partial charge in [0.15, 0.2) is 0 Å². The normalized spacial score (nSPS) is 12.0. The maximum Gasteiger partial charge on any atom is 0.250 e. The summed E-state index contributed by atoms with van der Waals surface area (Å²) in [6.45, 7) is 4.01. The molecule has 0 atom stereocenters. The molecule has 0 spiro atoms. The number of sulfonamides is 1. The fraction of sp³-hybridized carbons (Fsp3) is 0.462. The van der Waals surface area contributed by atoms with Crippen molar-refractivity contribution in [1.82, 2.24) is 14.5 Å². The second kappa shape index (κ2) is 6.27. The highest BCUT2D eigenvalue weighted by Crippen LogP contribution is 2.22. The lowest BCUT2D eigenvalue weighted by atomic mass is 10.2. The van der Waals surface area contributed by atoms with Crippen molar-refractivity contribution < 1.29 is 13.5 Å². The molecular formula is C13H19N3O3S2. The lowest BCUT2D eigenvalue weighted by Crippen LogP contribution is -2.23. The Morgan fingerprint density at radius 1 is 1.38 bits per heavy atom. The molecule has 116 valence electrons. The largest absolute Gasteiger partial charge is 0.396 e. The van der Waals surface area contributed by atoms with Gasteiger partial charge in [-0.25, -0.2) is 13.1 Å². The number of nitrogens with one attached hydrogen (secondary N) is 1. The number of hydrogen-bond acceptors (Lipinski definition) is 5. The summed E-state index contributed by atoms with van der Waals surface area (Å²) < 4.78 is 29.1. The van der Waals surface area contributed by atoms with Crippen LogP contribution in [0.1, 0.15) is 21.8 Å². The first kappa shape index (κ1) is 16.2. The number of aliphatic hydroxyl groups excluding tert-OH is 1. The maximum absolute atomic E-state index is 12.3. The van der Waals surface area contributed by atoms with E-state index in [1.54, 1.807) is 16.8 Å². The van der Waals surface area contributed by atoms with Gasteiger partial charge in [0, 0.05) is 42.8 Å². The van der Waals surface area contributed by atoms with Crippen molar-refractivity contribution in [2.24, 2.45) is 7.05 Å². The Morgan fingerprint density at radius 2 is 2.10 bits per heavy atom. The highest BCUT2D eigenvalue weighted by atomic mass is 32.2. The van der Waals surface area contributed by atoms with E-state index in [0.29, 0.717) is 6.42 Å². The molecule has 2 heterocycles. The molecule has 0 aliphatic rings. The zero-order valence-electron chi connectivity index (χ0n) is 12.3. The van der Waals surface area contributed by atoms with Crippen molar-refractivity contribution in [3.8, 4) is 0 Å². The van der Waals surface area contributed by atoms with Gasteiger partial charge >= 0.3 is 0 Å². The summed E-state index contributed by atoms with van der Waals surface area (Å²) in [6.07, 6.45) is 0.473. The average Bonchev–Trinajstić information content (AvgIpc) is 2.96. The van der Waals surface area contributed by atoms with Crippen LogP contribution in [0.5, 0.6) is 0 Å². The lowest BCUT2D eigenvalue weighted by molar-refractivity contribution is 0.300. The molecule has 0 aliphatic carbocycles. The minimum Gasteiger partial charge on any atom is -0.396 e. The van der Waals surface area contributed by atoms with E-state index < -0.39 is 10.0 Å². The number of rotatable bonds is 6. The number of aryl methyl sites for hydroxylation is 2. The highest BCUT2D eigenvalue weighted by Gasteiger charge is 2.18. The summed E-state index contributed by atoms with van der Waals surface area (Å²) >= 11 is 1.18. The highest BCUT2D eigenvalue weighted by molar-refractivity contribution is 7.91. The van der Waals surface area contributed by atoms with E-state index in [2.05, 4.69) is 9.82 Å². The van der Waals surface area contributed by atoms with Gasteiger partial charge < -0.3 is 5.11 Å². The van der Waals surface area contributed by atoms with Gasteiger partial charge in [-0.3, -0.25) is 4.68 Å². The molecule has 0 fully saturated rings. The molecule has 6 nitrogen and oxygen atoms in total. The molecule has 0 unspecified atom stereocenters. The van der Waals surface area contributed by atoms with E-state index in [-0.39, 0.29) is 17.4 Å². The zero-order valence-corrected chi connectivity index (χ0v) is 13.9. The van der Waals surface area contributed by atoms with Gasteiger partial charge in [0.05, 0.1) is 5.69 Å². The van der Waals surface area contributed by atoms with Gasteiger partial charge in [-0.05, 0) is 26.0 Å². The van der Waals surface area contributed by atoms with Crippen LogP contribution in [0.25, 0.3) is 0 Å². The van der Waals surface area contributed by atoms with Crippen molar-refractivity contribution in [1.29, 1.82) is 0 Å². The maximum atomic E-state index is 12.3. The standard InChI is InChI=1S/C13H19N3O3S2/c1-9-12(10(2)16(3)15-9)8-14-21(18,19)13-5-4-11(20-13)6-7-17/h4-5,14,17H,6-8H2,1-3H3. The number of aliphatic hydroxyl groups is 1. The minimum absolute atomic E-state index is 0.0154. The molecule has 0 saturated heterocycles. The van der Waals surface area contributed by atoms with Crippen LogP contribution in [0, 0.1) is 13.8 Å². The van der Waals surface area contributed by atoms with Gasteiger partial charge in [0.1, 0.15) is 4.21 Å². The van der Waals surface area contributed by atoms with Gasteiger partial charge in [0.25, 0.3) is 0 Å². The van der Waals surface area contributed by atoms with Crippen molar-refractivity contribution in [2.45, 2.75) is 31.0 Å². The van der Waals surface area contributed by atoms with Crippen LogP contribution in [-0.2, 0) is 30.0 Å².